The van der Waals surface area contributed by atoms with Gasteiger partial charge in [0.25, 0.3) is 0 Å². The number of rotatable bonds is 4. The number of hydrogen-bond donors (Lipinski definition) is 1. The van der Waals surface area contributed by atoms with Crippen molar-refractivity contribution in [3.8, 4) is 0 Å². The predicted octanol–water partition coefficient (Wildman–Crippen LogP) is 3.36. The lowest BCUT2D eigenvalue weighted by Crippen LogP contribution is -2.27. The Balaban J connectivity index is 2.06. The Labute approximate surface area is 110 Å². The Morgan fingerprint density at radius 3 is 3.18 bits per heavy atom. The van der Waals surface area contributed by atoms with Crippen molar-refractivity contribution in [1.82, 2.24) is 9.97 Å². The Morgan fingerprint density at radius 1 is 1.59 bits per heavy atom. The van der Waals surface area contributed by atoms with Gasteiger partial charge in [0.1, 0.15) is 0 Å². The zero-order valence-electron chi connectivity index (χ0n) is 9.62. The molecule has 2 rings (SSSR count). The van der Waals surface area contributed by atoms with Gasteiger partial charge in [0.2, 0.25) is 5.28 Å². The van der Waals surface area contributed by atoms with Crippen LogP contribution in [-0.2, 0) is 0 Å². The van der Waals surface area contributed by atoms with Crippen molar-refractivity contribution in [2.75, 3.05) is 11.1 Å². The number of thioether (sulfide) groups is 1. The number of hydrogen-bond acceptors (Lipinski definition) is 4. The third kappa shape index (κ3) is 3.22. The number of anilines is 1. The number of halogens is 2. The van der Waals surface area contributed by atoms with Gasteiger partial charge in [-0.3, -0.25) is 0 Å². The summed E-state index contributed by atoms with van der Waals surface area (Å²) in [6.07, 6.45) is 4.51. The van der Waals surface area contributed by atoms with Gasteiger partial charge in [0.15, 0.2) is 11.6 Å². The van der Waals surface area contributed by atoms with E-state index in [-0.39, 0.29) is 17.1 Å². The smallest absolute Gasteiger partial charge is 0.224 e. The normalized spacial score (nSPS) is 23.9. The maximum Gasteiger partial charge on any atom is 0.224 e. The average molecular weight is 276 g/mol. The Kier molecular flexibility index (Phi) is 4.45. The van der Waals surface area contributed by atoms with Crippen molar-refractivity contribution >= 4 is 29.2 Å². The summed E-state index contributed by atoms with van der Waals surface area (Å²) >= 11 is 7.58. The minimum Gasteiger partial charge on any atom is -0.364 e. The maximum absolute atomic E-state index is 13.5. The summed E-state index contributed by atoms with van der Waals surface area (Å²) in [5, 5.41) is 3.76. The van der Waals surface area contributed by atoms with Crippen LogP contribution in [0.3, 0.4) is 0 Å². The van der Waals surface area contributed by atoms with E-state index in [0.29, 0.717) is 5.25 Å². The Bertz CT molecular complexity index is 391. The first-order valence-corrected chi connectivity index (χ1v) is 7.19. The largest absolute Gasteiger partial charge is 0.364 e. The second-order valence-electron chi connectivity index (χ2n) is 4.01. The molecule has 1 aliphatic rings. The highest BCUT2D eigenvalue weighted by Crippen LogP contribution is 2.32. The molecule has 1 fully saturated rings. The van der Waals surface area contributed by atoms with E-state index in [1.165, 1.54) is 12.8 Å². The maximum atomic E-state index is 13.5. The van der Waals surface area contributed by atoms with Gasteiger partial charge in [-0.25, -0.2) is 9.37 Å². The highest BCUT2D eigenvalue weighted by atomic mass is 35.5. The molecule has 0 radical (unpaired) electrons. The van der Waals surface area contributed by atoms with Crippen LogP contribution in [0.15, 0.2) is 6.20 Å². The van der Waals surface area contributed by atoms with Crippen molar-refractivity contribution < 1.29 is 4.39 Å². The molecule has 1 heterocycles. The molecule has 1 aliphatic carbocycles. The monoisotopic (exact) mass is 275 g/mol. The van der Waals surface area contributed by atoms with Gasteiger partial charge in [-0.2, -0.15) is 16.7 Å². The van der Waals surface area contributed by atoms with Crippen molar-refractivity contribution in [1.29, 1.82) is 0 Å². The minimum atomic E-state index is -0.443. The third-order valence-corrected chi connectivity index (χ3v) is 4.38. The predicted molar refractivity (Wildman–Crippen MR) is 70.2 cm³/mol. The summed E-state index contributed by atoms with van der Waals surface area (Å²) in [4.78, 5) is 7.49. The quantitative estimate of drug-likeness (QED) is 0.855. The van der Waals surface area contributed by atoms with Crippen LogP contribution >= 0.6 is 23.4 Å². The first kappa shape index (κ1) is 12.9. The van der Waals surface area contributed by atoms with Crippen LogP contribution in [-0.4, -0.2) is 27.0 Å². The van der Waals surface area contributed by atoms with Crippen LogP contribution in [0, 0.1) is 5.82 Å². The first-order valence-electron chi connectivity index (χ1n) is 5.77. The molecular weight excluding hydrogens is 261 g/mol. The van der Waals surface area contributed by atoms with E-state index in [1.54, 1.807) is 0 Å². The molecule has 1 aromatic rings. The molecule has 3 nitrogen and oxygen atoms in total. The number of nitrogens with zero attached hydrogens (tertiary/aromatic N) is 2. The molecule has 1 saturated carbocycles. The number of nitrogens with one attached hydrogen (secondary N) is 1. The van der Waals surface area contributed by atoms with E-state index in [2.05, 4.69) is 22.2 Å². The van der Waals surface area contributed by atoms with Gasteiger partial charge in [-0.1, -0.05) is 13.3 Å². The second-order valence-corrected chi connectivity index (χ2v) is 5.87. The molecule has 6 heteroatoms. The van der Waals surface area contributed by atoms with Gasteiger partial charge in [-0.15, -0.1) is 0 Å². The highest BCUT2D eigenvalue weighted by Gasteiger charge is 2.28. The fourth-order valence-electron chi connectivity index (χ4n) is 2.13. The van der Waals surface area contributed by atoms with Crippen molar-refractivity contribution in [2.45, 2.75) is 37.5 Å². The molecular formula is C11H15ClFN3S. The van der Waals surface area contributed by atoms with E-state index >= 15 is 0 Å². The summed E-state index contributed by atoms with van der Waals surface area (Å²) in [7, 11) is 0. The van der Waals surface area contributed by atoms with Gasteiger partial charge < -0.3 is 5.32 Å². The summed E-state index contributed by atoms with van der Waals surface area (Å²) in [6, 6.07) is 0.278. The van der Waals surface area contributed by atoms with Crippen LogP contribution in [0.1, 0.15) is 26.2 Å². The molecule has 17 heavy (non-hydrogen) atoms. The van der Waals surface area contributed by atoms with Crippen molar-refractivity contribution in [3.05, 3.63) is 17.3 Å². The van der Waals surface area contributed by atoms with Crippen LogP contribution in [0.4, 0.5) is 10.2 Å². The Hall–Kier alpha value is -0.550. The molecule has 0 spiro atoms. The van der Waals surface area contributed by atoms with Crippen LogP contribution in [0.25, 0.3) is 0 Å². The van der Waals surface area contributed by atoms with Crippen LogP contribution in [0.2, 0.25) is 5.28 Å². The fraction of sp³-hybridized carbons (Fsp3) is 0.636. The summed E-state index contributed by atoms with van der Waals surface area (Å²) < 4.78 is 13.5. The fourth-order valence-corrected chi connectivity index (χ4v) is 3.46. The SMILES string of the molecule is CCSC1CCCC1Nc1nc(Cl)ncc1F. The van der Waals surface area contributed by atoms with Crippen molar-refractivity contribution in [3.63, 3.8) is 0 Å². The number of aromatic nitrogens is 2. The Morgan fingerprint density at radius 2 is 2.41 bits per heavy atom. The van der Waals surface area contributed by atoms with E-state index in [9.17, 15) is 4.39 Å². The zero-order chi connectivity index (χ0) is 12.3. The summed E-state index contributed by atoms with van der Waals surface area (Å²) in [5.41, 5.74) is 0. The van der Waals surface area contributed by atoms with Gasteiger partial charge in [0, 0.05) is 11.3 Å². The lowest BCUT2D eigenvalue weighted by atomic mass is 10.2. The van der Waals surface area contributed by atoms with Crippen LogP contribution in [0.5, 0.6) is 0 Å². The highest BCUT2D eigenvalue weighted by molar-refractivity contribution is 7.99. The summed E-state index contributed by atoms with van der Waals surface area (Å²) in [5.74, 6) is 0.857. The molecule has 0 aliphatic heterocycles. The van der Waals surface area contributed by atoms with Gasteiger partial charge in [0.05, 0.1) is 6.20 Å². The zero-order valence-corrected chi connectivity index (χ0v) is 11.2. The lowest BCUT2D eigenvalue weighted by molar-refractivity contribution is 0.610. The molecule has 0 bridgehead atoms. The molecule has 0 saturated heterocycles. The second kappa shape index (κ2) is 5.87. The third-order valence-electron chi connectivity index (χ3n) is 2.87. The standard InChI is InChI=1S/C11H15ClFN3S/c1-2-17-9-5-3-4-8(9)15-10-7(13)6-14-11(12)16-10/h6,8-9H,2-5H2,1H3,(H,14,15,16). The topological polar surface area (TPSA) is 37.8 Å². The van der Waals surface area contributed by atoms with E-state index < -0.39 is 5.82 Å². The molecule has 1 aromatic heterocycles. The van der Waals surface area contributed by atoms with E-state index in [4.69, 9.17) is 11.6 Å². The van der Waals surface area contributed by atoms with E-state index in [0.717, 1.165) is 18.4 Å². The molecule has 1 N–H and O–H groups in total. The lowest BCUT2D eigenvalue weighted by Gasteiger charge is -2.20. The first-order chi connectivity index (χ1) is 8.20. The summed E-state index contributed by atoms with van der Waals surface area (Å²) in [6.45, 7) is 2.14. The molecule has 2 atom stereocenters. The van der Waals surface area contributed by atoms with Crippen molar-refractivity contribution in [2.24, 2.45) is 0 Å². The minimum absolute atomic E-state index is 0.0755. The average Bonchev–Trinajstić information content (AvgIpc) is 2.72. The van der Waals surface area contributed by atoms with Crippen LogP contribution < -0.4 is 5.32 Å². The molecule has 0 aromatic carbocycles. The molecule has 94 valence electrons. The van der Waals surface area contributed by atoms with Gasteiger partial charge >= 0.3 is 0 Å². The van der Waals surface area contributed by atoms with Gasteiger partial charge in [-0.05, 0) is 30.2 Å². The van der Waals surface area contributed by atoms with E-state index in [1.807, 2.05) is 11.8 Å². The molecule has 0 amide bonds. The molecule has 2 unspecified atom stereocenters.